The molecule has 0 amide bonds. The summed E-state index contributed by atoms with van der Waals surface area (Å²) in [6.07, 6.45) is 0. The molecule has 3 aromatic heterocycles. The Morgan fingerprint density at radius 1 is 0.338 bits per heavy atom. The second kappa shape index (κ2) is 15.0. The highest BCUT2D eigenvalue weighted by Gasteiger charge is 2.36. The van der Waals surface area contributed by atoms with Crippen LogP contribution in [0.5, 0.6) is 0 Å². The number of rotatable bonds is 7. The van der Waals surface area contributed by atoms with Crippen LogP contribution in [0.3, 0.4) is 0 Å². The van der Waals surface area contributed by atoms with Gasteiger partial charge in [-0.15, -0.1) is 22.7 Å². The lowest BCUT2D eigenvalue weighted by molar-refractivity contribution is 0.630. The van der Waals surface area contributed by atoms with Crippen molar-refractivity contribution in [3.05, 3.63) is 236 Å². The monoisotopic (exact) mass is 905 g/mol. The van der Waals surface area contributed by atoms with E-state index in [-0.39, 0.29) is 5.41 Å². The van der Waals surface area contributed by atoms with Gasteiger partial charge in [-0.2, -0.15) is 0 Å². The highest BCUT2D eigenvalue weighted by atomic mass is 32.1. The maximum atomic E-state index is 2.51. The smallest absolute Gasteiger partial charge is 0.0582 e. The van der Waals surface area contributed by atoms with Crippen LogP contribution in [0.2, 0.25) is 0 Å². The molecule has 10 aromatic carbocycles. The first-order valence-corrected chi connectivity index (χ1v) is 25.0. The fraction of sp³-hybridized carbons (Fsp3) is 0.0476. The lowest BCUT2D eigenvalue weighted by Gasteiger charge is -2.35. The normalized spacial score (nSPS) is 13.0. The van der Waals surface area contributed by atoms with E-state index in [1.54, 1.807) is 0 Å². The van der Waals surface area contributed by atoms with Crippen molar-refractivity contribution in [1.29, 1.82) is 0 Å². The molecular weight excluding hydrogens is 863 g/mol. The first-order chi connectivity index (χ1) is 33.5. The number of hydrogen-bond acceptors (Lipinski definition) is 4. The fourth-order valence-electron chi connectivity index (χ4n) is 11.1. The summed E-state index contributed by atoms with van der Waals surface area (Å²) in [5.41, 5.74) is 15.1. The Balaban J connectivity index is 1.07. The second-order valence-corrected chi connectivity index (χ2v) is 20.7. The molecule has 3 nitrogen and oxygen atoms in total. The Hall–Kier alpha value is -7.96. The van der Waals surface area contributed by atoms with Crippen LogP contribution in [-0.2, 0) is 5.41 Å². The van der Waals surface area contributed by atoms with Gasteiger partial charge in [0.1, 0.15) is 0 Å². The molecule has 0 atom stereocenters. The zero-order valence-electron chi connectivity index (χ0n) is 37.5. The molecule has 1 aliphatic heterocycles. The Kier molecular flexibility index (Phi) is 8.67. The molecule has 0 saturated carbocycles. The number of para-hydroxylation sites is 4. The number of fused-ring (bicyclic) bond motifs is 11. The van der Waals surface area contributed by atoms with Crippen molar-refractivity contribution in [1.82, 2.24) is 4.57 Å². The van der Waals surface area contributed by atoms with Gasteiger partial charge in [0, 0.05) is 90.7 Å². The van der Waals surface area contributed by atoms with E-state index < -0.39 is 0 Å². The van der Waals surface area contributed by atoms with E-state index in [4.69, 9.17) is 0 Å². The third kappa shape index (κ3) is 5.96. The summed E-state index contributed by atoms with van der Waals surface area (Å²) in [6.45, 7) is 4.80. The maximum absolute atomic E-state index is 2.51. The van der Waals surface area contributed by atoms with Crippen LogP contribution in [0.25, 0.3) is 79.0 Å². The molecule has 14 rings (SSSR count). The standard InChI is InChI=1S/C63H43N3S2/c1-63(2)54-24-12-14-26-57(54)66-56-25-13-9-21-48(56)53-35-41(36-55(63)62(53)66)40-33-46(64(42-17-5-3-6-18-42)44-29-31-60-51(38-44)49-22-10-15-27-58(49)67-60)37-47(34-40)65(43-19-7-4-8-20-43)45-30-32-61-52(39-45)50-23-11-16-28-59(50)68-61/h3-39H,1-2H3. The van der Waals surface area contributed by atoms with Crippen molar-refractivity contribution in [2.75, 3.05) is 9.80 Å². The van der Waals surface area contributed by atoms with E-state index in [9.17, 15) is 0 Å². The van der Waals surface area contributed by atoms with Crippen LogP contribution in [0, 0.1) is 0 Å². The molecule has 13 aromatic rings. The summed E-state index contributed by atoms with van der Waals surface area (Å²) in [7, 11) is 0. The molecule has 0 aliphatic carbocycles. The third-order valence-electron chi connectivity index (χ3n) is 14.3. The fourth-order valence-corrected chi connectivity index (χ4v) is 13.3. The molecule has 0 fully saturated rings. The van der Waals surface area contributed by atoms with Crippen molar-refractivity contribution in [2.45, 2.75) is 19.3 Å². The van der Waals surface area contributed by atoms with Crippen LogP contribution in [0.1, 0.15) is 25.0 Å². The average molecular weight is 906 g/mol. The van der Waals surface area contributed by atoms with E-state index in [1.807, 2.05) is 22.7 Å². The second-order valence-electron chi connectivity index (χ2n) is 18.6. The molecular formula is C63H43N3S2. The minimum Gasteiger partial charge on any atom is -0.310 e. The first kappa shape index (κ1) is 39.2. The lowest BCUT2D eigenvalue weighted by atomic mass is 9.74. The van der Waals surface area contributed by atoms with E-state index in [1.165, 1.54) is 84.5 Å². The van der Waals surface area contributed by atoms with Crippen LogP contribution in [0.4, 0.5) is 34.1 Å². The number of benzene rings is 10. The van der Waals surface area contributed by atoms with Gasteiger partial charge in [-0.3, -0.25) is 0 Å². The van der Waals surface area contributed by atoms with Crippen LogP contribution in [0.15, 0.2) is 224 Å². The number of nitrogens with zero attached hydrogens (tertiary/aromatic N) is 3. The molecule has 322 valence electrons. The summed E-state index contributed by atoms with van der Waals surface area (Å²) >= 11 is 3.72. The Bertz CT molecular complexity index is 3960. The minimum atomic E-state index is -0.251. The summed E-state index contributed by atoms with van der Waals surface area (Å²) in [4.78, 5) is 4.90. The molecule has 0 bridgehead atoms. The predicted octanol–water partition coefficient (Wildman–Crippen LogP) is 18.8. The molecule has 0 N–H and O–H groups in total. The highest BCUT2D eigenvalue weighted by molar-refractivity contribution is 7.26. The van der Waals surface area contributed by atoms with Gasteiger partial charge in [-0.25, -0.2) is 0 Å². The maximum Gasteiger partial charge on any atom is 0.0582 e. The van der Waals surface area contributed by atoms with Gasteiger partial charge >= 0.3 is 0 Å². The largest absolute Gasteiger partial charge is 0.310 e. The van der Waals surface area contributed by atoms with E-state index in [0.717, 1.165) is 39.7 Å². The Morgan fingerprint density at radius 3 is 1.43 bits per heavy atom. The van der Waals surface area contributed by atoms with Crippen molar-refractivity contribution in [2.24, 2.45) is 0 Å². The number of hydrogen-bond donors (Lipinski definition) is 0. The Morgan fingerprint density at radius 2 is 0.824 bits per heavy atom. The van der Waals surface area contributed by atoms with E-state index in [2.05, 4.69) is 253 Å². The van der Waals surface area contributed by atoms with Gasteiger partial charge < -0.3 is 14.4 Å². The third-order valence-corrected chi connectivity index (χ3v) is 16.6. The minimum absolute atomic E-state index is 0.251. The lowest BCUT2D eigenvalue weighted by Crippen LogP contribution is -2.26. The van der Waals surface area contributed by atoms with Gasteiger partial charge in [0.15, 0.2) is 0 Å². The van der Waals surface area contributed by atoms with Crippen LogP contribution < -0.4 is 9.80 Å². The zero-order chi connectivity index (χ0) is 45.1. The van der Waals surface area contributed by atoms with Gasteiger partial charge in [0.2, 0.25) is 0 Å². The summed E-state index contributed by atoms with van der Waals surface area (Å²) in [6, 6.07) is 83.4. The molecule has 0 saturated heterocycles. The van der Waals surface area contributed by atoms with E-state index in [0.29, 0.717) is 0 Å². The quantitative estimate of drug-likeness (QED) is 0.158. The summed E-state index contributed by atoms with van der Waals surface area (Å²) in [5.74, 6) is 0. The number of anilines is 6. The van der Waals surface area contributed by atoms with Crippen LogP contribution >= 0.6 is 22.7 Å². The highest BCUT2D eigenvalue weighted by Crippen LogP contribution is 2.51. The summed E-state index contributed by atoms with van der Waals surface area (Å²) < 4.78 is 7.68. The molecule has 0 spiro atoms. The number of aromatic nitrogens is 1. The predicted molar refractivity (Wildman–Crippen MR) is 293 cm³/mol. The van der Waals surface area contributed by atoms with Gasteiger partial charge in [0.25, 0.3) is 0 Å². The Labute approximate surface area is 402 Å². The molecule has 0 unspecified atom stereocenters. The van der Waals surface area contributed by atoms with Crippen LogP contribution in [-0.4, -0.2) is 4.57 Å². The SMILES string of the molecule is CC1(C)c2ccccc2-n2c3ccccc3c3cc(-c4cc(N(c5ccccc5)c5ccc6sc7ccccc7c6c5)cc(N(c5ccccc5)c5ccc6sc7ccccc7c6c5)c4)cc1c32. The molecule has 1 aliphatic rings. The first-order valence-electron chi connectivity index (χ1n) is 23.3. The zero-order valence-corrected chi connectivity index (χ0v) is 39.2. The molecule has 68 heavy (non-hydrogen) atoms. The molecule has 5 heteroatoms. The topological polar surface area (TPSA) is 11.4 Å². The summed E-state index contributed by atoms with van der Waals surface area (Å²) in [5, 5.41) is 7.64. The average Bonchev–Trinajstić information content (AvgIpc) is 4.06. The van der Waals surface area contributed by atoms with Crippen molar-refractivity contribution >= 4 is 119 Å². The van der Waals surface area contributed by atoms with Gasteiger partial charge in [-0.1, -0.05) is 123 Å². The van der Waals surface area contributed by atoms with Crippen molar-refractivity contribution in [3.8, 4) is 16.8 Å². The molecule has 4 heterocycles. The van der Waals surface area contributed by atoms with Crippen molar-refractivity contribution in [3.63, 3.8) is 0 Å². The van der Waals surface area contributed by atoms with Gasteiger partial charge in [0.05, 0.1) is 16.7 Å². The molecule has 0 radical (unpaired) electrons. The number of thiophene rings is 2. The van der Waals surface area contributed by atoms with E-state index >= 15 is 0 Å². The van der Waals surface area contributed by atoms with Crippen molar-refractivity contribution < 1.29 is 0 Å². The van der Waals surface area contributed by atoms with Gasteiger partial charge in [-0.05, 0) is 138 Å².